The van der Waals surface area contributed by atoms with Crippen molar-refractivity contribution in [2.45, 2.75) is 12.0 Å². The molecule has 7 heteroatoms. The van der Waals surface area contributed by atoms with E-state index in [1.165, 1.54) is 18.2 Å². The summed E-state index contributed by atoms with van der Waals surface area (Å²) >= 11 is 3.08. The van der Waals surface area contributed by atoms with Crippen LogP contribution in [0.1, 0.15) is 11.6 Å². The highest BCUT2D eigenvalue weighted by Crippen LogP contribution is 2.35. The Morgan fingerprint density at radius 3 is 2.50 bits per heavy atom. The normalized spacial score (nSPS) is 13.1. The Balaban J connectivity index is 0.00000225. The molecule has 0 aliphatic rings. The summed E-state index contributed by atoms with van der Waals surface area (Å²) in [5, 5.41) is 17.8. The highest BCUT2D eigenvalue weighted by Gasteiger charge is 2.38. The van der Waals surface area contributed by atoms with E-state index in [1.807, 2.05) is 0 Å². The number of aromatic hydroxyl groups is 1. The maximum absolute atomic E-state index is 13.0. The standard InChI is InChI=1S/C9H10BrF2NO2.ClH/c10-5-1-2-7(15)6(3-5)8(13)9(11,12)4-14;/h1-3,8,14-15H,4,13H2;1H/t8-;/m1./s1. The van der Waals surface area contributed by atoms with Crippen LogP contribution in [0.15, 0.2) is 22.7 Å². The van der Waals surface area contributed by atoms with E-state index in [9.17, 15) is 13.9 Å². The fourth-order valence-corrected chi connectivity index (χ4v) is 1.48. The average molecular weight is 319 g/mol. The fourth-order valence-electron chi connectivity index (χ4n) is 1.10. The molecule has 0 saturated carbocycles. The summed E-state index contributed by atoms with van der Waals surface area (Å²) in [7, 11) is 0. The predicted octanol–water partition coefficient (Wildman–Crippen LogP) is 2.20. The number of phenolic OH excluding ortho intramolecular Hbond substituents is 1. The van der Waals surface area contributed by atoms with E-state index >= 15 is 0 Å². The summed E-state index contributed by atoms with van der Waals surface area (Å²) in [5.74, 6) is -3.78. The van der Waals surface area contributed by atoms with E-state index in [0.717, 1.165) is 0 Å². The topological polar surface area (TPSA) is 66.5 Å². The Bertz CT molecular complexity index is 365. The van der Waals surface area contributed by atoms with E-state index < -0.39 is 18.6 Å². The minimum atomic E-state index is -3.46. The molecule has 3 nitrogen and oxygen atoms in total. The number of hydrogen-bond donors (Lipinski definition) is 3. The van der Waals surface area contributed by atoms with Gasteiger partial charge >= 0.3 is 0 Å². The molecule has 0 bridgehead atoms. The number of benzene rings is 1. The zero-order chi connectivity index (χ0) is 11.6. The van der Waals surface area contributed by atoms with Crippen molar-refractivity contribution in [2.75, 3.05) is 6.61 Å². The number of aliphatic hydroxyl groups excluding tert-OH is 1. The second-order valence-electron chi connectivity index (χ2n) is 3.10. The van der Waals surface area contributed by atoms with Crippen LogP contribution >= 0.6 is 28.3 Å². The van der Waals surface area contributed by atoms with E-state index in [2.05, 4.69) is 15.9 Å². The van der Waals surface area contributed by atoms with Gasteiger partial charge in [0, 0.05) is 10.0 Å². The molecule has 0 saturated heterocycles. The molecule has 0 heterocycles. The number of phenols is 1. The van der Waals surface area contributed by atoms with Crippen molar-refractivity contribution in [3.05, 3.63) is 28.2 Å². The lowest BCUT2D eigenvalue weighted by Crippen LogP contribution is -2.36. The van der Waals surface area contributed by atoms with Gasteiger partial charge in [0.2, 0.25) is 0 Å². The molecule has 4 N–H and O–H groups in total. The largest absolute Gasteiger partial charge is 0.508 e. The van der Waals surface area contributed by atoms with E-state index in [1.54, 1.807) is 0 Å². The Kier molecular flexibility index (Phi) is 5.61. The van der Waals surface area contributed by atoms with Crippen LogP contribution in [-0.2, 0) is 0 Å². The number of rotatable bonds is 3. The summed E-state index contributed by atoms with van der Waals surface area (Å²) in [6.45, 7) is -1.36. The lowest BCUT2D eigenvalue weighted by Gasteiger charge is -2.22. The SMILES string of the molecule is Cl.N[C@H](c1cc(Br)ccc1O)C(F)(F)CO. The van der Waals surface area contributed by atoms with Crippen LogP contribution in [0.4, 0.5) is 8.78 Å². The Labute approximate surface area is 106 Å². The Hall–Kier alpha value is -0.430. The first-order valence-electron chi connectivity index (χ1n) is 4.11. The van der Waals surface area contributed by atoms with Crippen molar-refractivity contribution in [1.29, 1.82) is 0 Å². The van der Waals surface area contributed by atoms with Crippen LogP contribution < -0.4 is 5.73 Å². The highest BCUT2D eigenvalue weighted by molar-refractivity contribution is 9.10. The second-order valence-corrected chi connectivity index (χ2v) is 4.02. The van der Waals surface area contributed by atoms with Crippen molar-refractivity contribution >= 4 is 28.3 Å². The van der Waals surface area contributed by atoms with Crippen LogP contribution in [0.3, 0.4) is 0 Å². The monoisotopic (exact) mass is 317 g/mol. The minimum Gasteiger partial charge on any atom is -0.508 e. The molecule has 0 radical (unpaired) electrons. The van der Waals surface area contributed by atoms with Crippen molar-refractivity contribution in [1.82, 2.24) is 0 Å². The van der Waals surface area contributed by atoms with Gasteiger partial charge < -0.3 is 15.9 Å². The lowest BCUT2D eigenvalue weighted by atomic mass is 10.0. The van der Waals surface area contributed by atoms with Gasteiger partial charge in [0.1, 0.15) is 18.4 Å². The van der Waals surface area contributed by atoms with E-state index in [4.69, 9.17) is 10.8 Å². The molecule has 0 spiro atoms. The molecular formula is C9H11BrClF2NO2. The molecule has 92 valence electrons. The molecule has 0 aliphatic heterocycles. The summed E-state index contributed by atoms with van der Waals surface area (Å²) in [4.78, 5) is 0. The quantitative estimate of drug-likeness (QED) is 0.800. The molecule has 0 fully saturated rings. The number of aliphatic hydroxyl groups is 1. The average Bonchev–Trinajstić information content (AvgIpc) is 2.20. The first kappa shape index (κ1) is 15.6. The van der Waals surface area contributed by atoms with Gasteiger partial charge in [-0.25, -0.2) is 8.78 Å². The van der Waals surface area contributed by atoms with Crippen molar-refractivity contribution < 1.29 is 19.0 Å². The Morgan fingerprint density at radius 2 is 2.00 bits per heavy atom. The number of nitrogens with two attached hydrogens (primary N) is 1. The maximum Gasteiger partial charge on any atom is 0.289 e. The van der Waals surface area contributed by atoms with Gasteiger partial charge in [-0.2, -0.15) is 0 Å². The molecule has 0 aliphatic carbocycles. The van der Waals surface area contributed by atoms with Gasteiger partial charge in [0.05, 0.1) is 0 Å². The third kappa shape index (κ3) is 3.28. The molecule has 1 atom stereocenters. The van der Waals surface area contributed by atoms with Crippen LogP contribution in [0.5, 0.6) is 5.75 Å². The second kappa shape index (κ2) is 5.77. The van der Waals surface area contributed by atoms with E-state index in [0.29, 0.717) is 4.47 Å². The van der Waals surface area contributed by atoms with Crippen LogP contribution in [0, 0.1) is 0 Å². The summed E-state index contributed by atoms with van der Waals surface area (Å²) < 4.78 is 26.6. The van der Waals surface area contributed by atoms with Gasteiger partial charge in [-0.15, -0.1) is 12.4 Å². The predicted molar refractivity (Wildman–Crippen MR) is 62.0 cm³/mol. The molecule has 1 aromatic rings. The summed E-state index contributed by atoms with van der Waals surface area (Å²) in [6, 6.07) is 2.32. The first-order chi connectivity index (χ1) is 6.88. The van der Waals surface area contributed by atoms with Crippen LogP contribution in [-0.4, -0.2) is 22.7 Å². The number of alkyl halides is 2. The van der Waals surface area contributed by atoms with Crippen molar-refractivity contribution in [3.8, 4) is 5.75 Å². The zero-order valence-electron chi connectivity index (χ0n) is 8.03. The molecule has 0 aromatic heterocycles. The van der Waals surface area contributed by atoms with Gasteiger partial charge in [0.15, 0.2) is 0 Å². The lowest BCUT2D eigenvalue weighted by molar-refractivity contribution is -0.0716. The highest BCUT2D eigenvalue weighted by atomic mass is 79.9. The summed E-state index contributed by atoms with van der Waals surface area (Å²) in [5.41, 5.74) is 5.15. The molecule has 0 unspecified atom stereocenters. The Morgan fingerprint density at radius 1 is 1.44 bits per heavy atom. The van der Waals surface area contributed by atoms with Crippen molar-refractivity contribution in [3.63, 3.8) is 0 Å². The molecular weight excluding hydrogens is 307 g/mol. The maximum atomic E-state index is 13.0. The first-order valence-corrected chi connectivity index (χ1v) is 4.90. The fraction of sp³-hybridized carbons (Fsp3) is 0.333. The zero-order valence-corrected chi connectivity index (χ0v) is 10.4. The van der Waals surface area contributed by atoms with Crippen LogP contribution in [0.25, 0.3) is 0 Å². The third-order valence-corrected chi connectivity index (χ3v) is 2.48. The van der Waals surface area contributed by atoms with E-state index in [-0.39, 0.29) is 23.7 Å². The number of halogens is 4. The third-order valence-electron chi connectivity index (χ3n) is 1.99. The smallest absolute Gasteiger partial charge is 0.289 e. The molecule has 16 heavy (non-hydrogen) atoms. The molecule has 0 amide bonds. The molecule has 1 rings (SSSR count). The van der Waals surface area contributed by atoms with Gasteiger partial charge in [-0.3, -0.25) is 0 Å². The number of hydrogen-bond acceptors (Lipinski definition) is 3. The van der Waals surface area contributed by atoms with Gasteiger partial charge in [-0.1, -0.05) is 15.9 Å². The minimum absolute atomic E-state index is 0. The van der Waals surface area contributed by atoms with Gasteiger partial charge in [0.25, 0.3) is 5.92 Å². The molecule has 1 aromatic carbocycles. The van der Waals surface area contributed by atoms with Gasteiger partial charge in [-0.05, 0) is 18.2 Å². The van der Waals surface area contributed by atoms with Crippen molar-refractivity contribution in [2.24, 2.45) is 5.73 Å². The summed E-state index contributed by atoms with van der Waals surface area (Å²) in [6.07, 6.45) is 0. The van der Waals surface area contributed by atoms with Crippen LogP contribution in [0.2, 0.25) is 0 Å².